The number of benzene rings is 1. The van der Waals surface area contributed by atoms with E-state index in [-0.39, 0.29) is 5.97 Å². The number of hydrogen-bond acceptors (Lipinski definition) is 2. The number of carbonyl (C=O) groups is 1. The van der Waals surface area contributed by atoms with Crippen molar-refractivity contribution in [3.05, 3.63) is 54.6 Å². The van der Waals surface area contributed by atoms with E-state index in [4.69, 9.17) is 4.74 Å². The third-order valence-electron chi connectivity index (χ3n) is 5.93. The molecule has 0 aliphatic heterocycles. The summed E-state index contributed by atoms with van der Waals surface area (Å²) < 4.78 is 5.63. The highest BCUT2D eigenvalue weighted by Crippen LogP contribution is 2.32. The summed E-state index contributed by atoms with van der Waals surface area (Å²) in [5.41, 5.74) is 2.40. The average Bonchev–Trinajstić information content (AvgIpc) is 3.14. The van der Waals surface area contributed by atoms with E-state index >= 15 is 0 Å². The predicted octanol–water partition coefficient (Wildman–Crippen LogP) is 8.55. The van der Waals surface area contributed by atoms with Gasteiger partial charge in [-0.1, -0.05) is 114 Å². The van der Waals surface area contributed by atoms with Crippen LogP contribution in [0.2, 0.25) is 0 Å². The normalized spacial score (nSPS) is 11.2. The number of hydrogen-bond donors (Lipinski definition) is 0. The lowest BCUT2D eigenvalue weighted by Gasteiger charge is -2.07. The molecular weight excluding hydrogens is 368 g/mol. The molecule has 0 amide bonds. The molecule has 0 N–H and O–H groups in total. The largest absolute Gasteiger partial charge is 0.427 e. The standard InChI is InChI=1S/C28H36O2/c1-2-3-4-5-6-7-8-9-10-11-12-19-28(29)30-25-21-20-24-16-13-15-23-17-14-18-26(23)27(24)22-25/h13-18,20-22H,2-12,19H2,1H3. The van der Waals surface area contributed by atoms with E-state index in [2.05, 4.69) is 43.3 Å². The van der Waals surface area contributed by atoms with Crippen molar-refractivity contribution in [2.24, 2.45) is 0 Å². The molecule has 0 radical (unpaired) electrons. The summed E-state index contributed by atoms with van der Waals surface area (Å²) in [6.07, 6.45) is 14.6. The maximum Gasteiger partial charge on any atom is 0.311 e. The maximum atomic E-state index is 12.3. The minimum atomic E-state index is -0.121. The van der Waals surface area contributed by atoms with Crippen molar-refractivity contribution in [3.63, 3.8) is 0 Å². The summed E-state index contributed by atoms with van der Waals surface area (Å²) in [6, 6.07) is 18.5. The zero-order chi connectivity index (χ0) is 21.0. The van der Waals surface area contributed by atoms with Crippen LogP contribution in [0, 0.1) is 0 Å². The average molecular weight is 405 g/mol. The molecule has 0 saturated carbocycles. The van der Waals surface area contributed by atoms with Gasteiger partial charge in [0, 0.05) is 6.42 Å². The van der Waals surface area contributed by atoms with Gasteiger partial charge in [-0.25, -0.2) is 0 Å². The van der Waals surface area contributed by atoms with Crippen molar-refractivity contribution in [1.29, 1.82) is 0 Å². The molecule has 0 saturated heterocycles. The molecule has 160 valence electrons. The summed E-state index contributed by atoms with van der Waals surface area (Å²) in [7, 11) is 0. The van der Waals surface area contributed by atoms with Crippen LogP contribution < -0.4 is 4.74 Å². The molecule has 0 heterocycles. The van der Waals surface area contributed by atoms with Crippen molar-refractivity contribution < 1.29 is 9.53 Å². The van der Waals surface area contributed by atoms with E-state index in [0.29, 0.717) is 12.2 Å². The first-order valence-electron chi connectivity index (χ1n) is 11.9. The molecule has 1 aromatic carbocycles. The molecule has 0 bridgehead atoms. The van der Waals surface area contributed by atoms with E-state index < -0.39 is 0 Å². The van der Waals surface area contributed by atoms with Gasteiger partial charge in [0.1, 0.15) is 5.75 Å². The zero-order valence-electron chi connectivity index (χ0n) is 18.5. The lowest BCUT2D eigenvalue weighted by atomic mass is 10.1. The van der Waals surface area contributed by atoms with Gasteiger partial charge < -0.3 is 4.74 Å². The first-order valence-corrected chi connectivity index (χ1v) is 11.9. The summed E-state index contributed by atoms with van der Waals surface area (Å²) in [4.78, 5) is 12.3. The lowest BCUT2D eigenvalue weighted by molar-refractivity contribution is -0.134. The van der Waals surface area contributed by atoms with Crippen LogP contribution in [0.5, 0.6) is 5.75 Å². The quantitative estimate of drug-likeness (QED) is 0.162. The van der Waals surface area contributed by atoms with E-state index in [1.54, 1.807) is 0 Å². The van der Waals surface area contributed by atoms with E-state index in [1.807, 2.05) is 18.2 Å². The second-order valence-corrected chi connectivity index (χ2v) is 8.43. The summed E-state index contributed by atoms with van der Waals surface area (Å²) >= 11 is 0. The Kier molecular flexibility index (Phi) is 9.21. The molecule has 2 nitrogen and oxygen atoms in total. The van der Waals surface area contributed by atoms with E-state index in [9.17, 15) is 4.79 Å². The molecule has 0 spiro atoms. The minimum absolute atomic E-state index is 0.121. The number of fused-ring (bicyclic) bond motifs is 3. The first kappa shape index (κ1) is 22.3. The molecule has 2 aliphatic carbocycles. The first-order chi connectivity index (χ1) is 14.8. The molecule has 30 heavy (non-hydrogen) atoms. The van der Waals surface area contributed by atoms with Gasteiger partial charge in [-0.2, -0.15) is 0 Å². The number of esters is 1. The van der Waals surface area contributed by atoms with Gasteiger partial charge >= 0.3 is 5.97 Å². The van der Waals surface area contributed by atoms with Crippen LogP contribution in [0.25, 0.3) is 21.9 Å². The number of carbonyl (C=O) groups excluding carboxylic acids is 1. The molecule has 0 atom stereocenters. The summed E-state index contributed by atoms with van der Waals surface area (Å²) in [5.74, 6) is 0.522. The number of ether oxygens (including phenoxy) is 1. The minimum Gasteiger partial charge on any atom is -0.427 e. The van der Waals surface area contributed by atoms with Gasteiger partial charge in [-0.15, -0.1) is 0 Å². The number of rotatable bonds is 13. The van der Waals surface area contributed by atoms with Crippen molar-refractivity contribution in [2.75, 3.05) is 0 Å². The molecule has 0 aromatic heterocycles. The highest BCUT2D eigenvalue weighted by molar-refractivity contribution is 5.98. The van der Waals surface area contributed by atoms with Crippen molar-refractivity contribution in [1.82, 2.24) is 0 Å². The highest BCUT2D eigenvalue weighted by Gasteiger charge is 2.09. The fourth-order valence-electron chi connectivity index (χ4n) is 4.17. The summed E-state index contributed by atoms with van der Waals surface area (Å²) in [5, 5.41) is 2.28. The van der Waals surface area contributed by atoms with Crippen LogP contribution in [0.15, 0.2) is 54.6 Å². The van der Waals surface area contributed by atoms with Crippen LogP contribution in [0.1, 0.15) is 84.0 Å². The van der Waals surface area contributed by atoms with Gasteiger partial charge in [0.25, 0.3) is 0 Å². The SMILES string of the molecule is CCCCCCCCCCCCCC(=O)Oc1ccc2cccc3cccc-3c2c1. The molecule has 0 unspecified atom stereocenters. The van der Waals surface area contributed by atoms with Crippen molar-refractivity contribution >= 4 is 16.7 Å². The Morgan fingerprint density at radius 1 is 0.733 bits per heavy atom. The molecule has 0 fully saturated rings. The zero-order valence-corrected chi connectivity index (χ0v) is 18.5. The van der Waals surface area contributed by atoms with Gasteiger partial charge in [-0.3, -0.25) is 4.79 Å². The molecule has 3 rings (SSSR count). The third kappa shape index (κ3) is 6.86. The van der Waals surface area contributed by atoms with E-state index in [0.717, 1.165) is 23.6 Å². The van der Waals surface area contributed by atoms with Gasteiger partial charge in [0.2, 0.25) is 0 Å². The third-order valence-corrected chi connectivity index (χ3v) is 5.93. The second-order valence-electron chi connectivity index (χ2n) is 8.43. The van der Waals surface area contributed by atoms with Crippen LogP contribution in [0.4, 0.5) is 0 Å². The van der Waals surface area contributed by atoms with Crippen LogP contribution in [-0.4, -0.2) is 5.97 Å². The summed E-state index contributed by atoms with van der Waals surface area (Å²) in [6.45, 7) is 2.26. The molecule has 2 aliphatic rings. The Labute approximate surface area is 182 Å². The van der Waals surface area contributed by atoms with Crippen LogP contribution in [0.3, 0.4) is 0 Å². The van der Waals surface area contributed by atoms with Crippen LogP contribution in [-0.2, 0) is 4.79 Å². The van der Waals surface area contributed by atoms with Crippen molar-refractivity contribution in [2.45, 2.75) is 84.0 Å². The molecule has 1 aromatic rings. The Hall–Kier alpha value is -2.35. The van der Waals surface area contributed by atoms with Crippen LogP contribution >= 0.6 is 0 Å². The maximum absolute atomic E-state index is 12.3. The second kappa shape index (κ2) is 12.4. The number of unbranched alkanes of at least 4 members (excludes halogenated alkanes) is 10. The van der Waals surface area contributed by atoms with Gasteiger partial charge in [-0.05, 0) is 40.5 Å². The predicted molar refractivity (Wildman–Crippen MR) is 127 cm³/mol. The monoisotopic (exact) mass is 404 g/mol. The fraction of sp³-hybridized carbons (Fsp3) is 0.464. The fourth-order valence-corrected chi connectivity index (χ4v) is 4.17. The smallest absolute Gasteiger partial charge is 0.311 e. The topological polar surface area (TPSA) is 26.3 Å². The Bertz CT molecular complexity index is 883. The van der Waals surface area contributed by atoms with Gasteiger partial charge in [0.05, 0.1) is 0 Å². The molecule has 2 heteroatoms. The Morgan fingerprint density at radius 2 is 1.37 bits per heavy atom. The Morgan fingerprint density at radius 3 is 2.07 bits per heavy atom. The van der Waals surface area contributed by atoms with E-state index in [1.165, 1.54) is 68.9 Å². The Balaban J connectivity index is 1.36. The highest BCUT2D eigenvalue weighted by atomic mass is 16.5. The van der Waals surface area contributed by atoms with Gasteiger partial charge in [0.15, 0.2) is 0 Å². The lowest BCUT2D eigenvalue weighted by Crippen LogP contribution is -2.07. The van der Waals surface area contributed by atoms with Crippen molar-refractivity contribution in [3.8, 4) is 16.9 Å². The molecular formula is C28H36O2.